The normalized spacial score (nSPS) is 21.0. The summed E-state index contributed by atoms with van der Waals surface area (Å²) in [6.45, 7) is 1.97. The molecule has 1 unspecified atom stereocenters. The van der Waals surface area contributed by atoms with Gasteiger partial charge in [0.05, 0.1) is 6.10 Å². The number of anilines is 1. The van der Waals surface area contributed by atoms with Gasteiger partial charge in [-0.3, -0.25) is 4.79 Å². The van der Waals surface area contributed by atoms with Crippen LogP contribution in [-0.2, 0) is 4.79 Å². The van der Waals surface area contributed by atoms with E-state index in [2.05, 4.69) is 5.32 Å². The summed E-state index contributed by atoms with van der Waals surface area (Å²) in [7, 11) is 0. The molecule has 2 rings (SSSR count). The maximum Gasteiger partial charge on any atom is 0.224 e. The second kappa shape index (κ2) is 3.42. The molecule has 1 atom stereocenters. The fourth-order valence-electron chi connectivity index (χ4n) is 1.71. The SMILES string of the molecule is Cc1ccc2c(c1)C(O)CCC(=O)N2. The smallest absolute Gasteiger partial charge is 0.224 e. The highest BCUT2D eigenvalue weighted by molar-refractivity contribution is 5.92. The number of aryl methyl sites for hydroxylation is 1. The third-order valence-electron chi connectivity index (χ3n) is 2.48. The van der Waals surface area contributed by atoms with Crippen molar-refractivity contribution >= 4 is 11.6 Å². The van der Waals surface area contributed by atoms with Gasteiger partial charge in [0, 0.05) is 17.7 Å². The summed E-state index contributed by atoms with van der Waals surface area (Å²) in [4.78, 5) is 11.3. The van der Waals surface area contributed by atoms with Gasteiger partial charge in [0.15, 0.2) is 0 Å². The topological polar surface area (TPSA) is 49.3 Å². The van der Waals surface area contributed by atoms with Gasteiger partial charge in [-0.05, 0) is 19.4 Å². The van der Waals surface area contributed by atoms with Gasteiger partial charge in [0.25, 0.3) is 0 Å². The summed E-state index contributed by atoms with van der Waals surface area (Å²) in [6.07, 6.45) is 0.362. The van der Waals surface area contributed by atoms with Crippen molar-refractivity contribution in [3.8, 4) is 0 Å². The van der Waals surface area contributed by atoms with E-state index in [1.54, 1.807) is 0 Å². The van der Waals surface area contributed by atoms with E-state index in [4.69, 9.17) is 0 Å². The minimum absolute atomic E-state index is 0.0216. The molecule has 1 aromatic carbocycles. The maximum absolute atomic E-state index is 11.3. The van der Waals surface area contributed by atoms with Gasteiger partial charge in [-0.15, -0.1) is 0 Å². The summed E-state index contributed by atoms with van der Waals surface area (Å²) >= 11 is 0. The monoisotopic (exact) mass is 191 g/mol. The predicted octanol–water partition coefficient (Wildman–Crippen LogP) is 1.76. The van der Waals surface area contributed by atoms with Crippen LogP contribution in [0.25, 0.3) is 0 Å². The molecule has 0 bridgehead atoms. The van der Waals surface area contributed by atoms with Crippen LogP contribution >= 0.6 is 0 Å². The minimum Gasteiger partial charge on any atom is -0.388 e. The molecule has 1 aromatic rings. The average molecular weight is 191 g/mol. The van der Waals surface area contributed by atoms with Gasteiger partial charge >= 0.3 is 0 Å². The Hall–Kier alpha value is -1.35. The second-order valence-corrected chi connectivity index (χ2v) is 3.69. The highest BCUT2D eigenvalue weighted by atomic mass is 16.3. The number of benzene rings is 1. The molecule has 3 heteroatoms. The fraction of sp³-hybridized carbons (Fsp3) is 0.364. The second-order valence-electron chi connectivity index (χ2n) is 3.69. The molecule has 0 aliphatic carbocycles. The lowest BCUT2D eigenvalue weighted by atomic mass is 10.0. The summed E-state index contributed by atoms with van der Waals surface area (Å²) < 4.78 is 0. The molecule has 0 radical (unpaired) electrons. The lowest BCUT2D eigenvalue weighted by Gasteiger charge is -2.11. The molecule has 0 spiro atoms. The first-order chi connectivity index (χ1) is 6.66. The molecule has 1 aliphatic rings. The van der Waals surface area contributed by atoms with Crippen LogP contribution in [0.5, 0.6) is 0 Å². The maximum atomic E-state index is 11.3. The Morgan fingerprint density at radius 1 is 1.50 bits per heavy atom. The van der Waals surface area contributed by atoms with Gasteiger partial charge in [-0.1, -0.05) is 17.7 Å². The van der Waals surface area contributed by atoms with Crippen LogP contribution in [-0.4, -0.2) is 11.0 Å². The van der Waals surface area contributed by atoms with Crippen LogP contribution in [0.1, 0.15) is 30.1 Å². The number of fused-ring (bicyclic) bond motifs is 1. The van der Waals surface area contributed by atoms with Crippen LogP contribution < -0.4 is 5.32 Å². The van der Waals surface area contributed by atoms with Crippen LogP contribution in [0.15, 0.2) is 18.2 Å². The quantitative estimate of drug-likeness (QED) is 0.656. The van der Waals surface area contributed by atoms with Gasteiger partial charge in [0.2, 0.25) is 5.91 Å². The van der Waals surface area contributed by atoms with Crippen molar-refractivity contribution in [2.45, 2.75) is 25.9 Å². The van der Waals surface area contributed by atoms with E-state index in [1.165, 1.54) is 0 Å². The Bertz CT molecular complexity index is 374. The largest absolute Gasteiger partial charge is 0.388 e. The van der Waals surface area contributed by atoms with Crippen LogP contribution in [0, 0.1) is 6.92 Å². The fourth-order valence-corrected chi connectivity index (χ4v) is 1.71. The summed E-state index contributed by atoms with van der Waals surface area (Å²) in [5, 5.41) is 12.6. The molecule has 0 saturated heterocycles. The summed E-state index contributed by atoms with van der Waals surface area (Å²) in [5.74, 6) is -0.0216. The Morgan fingerprint density at radius 3 is 3.07 bits per heavy atom. The zero-order valence-corrected chi connectivity index (χ0v) is 8.08. The number of amides is 1. The summed E-state index contributed by atoms with van der Waals surface area (Å²) in [5.41, 5.74) is 2.67. The number of nitrogens with one attached hydrogen (secondary N) is 1. The lowest BCUT2D eigenvalue weighted by Crippen LogP contribution is -2.09. The van der Waals surface area contributed by atoms with E-state index in [-0.39, 0.29) is 5.91 Å². The zero-order chi connectivity index (χ0) is 10.1. The number of aliphatic hydroxyl groups is 1. The molecule has 1 aliphatic heterocycles. The molecule has 14 heavy (non-hydrogen) atoms. The van der Waals surface area contributed by atoms with Crippen LogP contribution in [0.4, 0.5) is 5.69 Å². The highest BCUT2D eigenvalue weighted by Crippen LogP contribution is 2.30. The Labute approximate surface area is 82.8 Å². The standard InChI is InChI=1S/C11H13NO2/c1-7-2-3-9-8(6-7)10(13)4-5-11(14)12-9/h2-3,6,10,13H,4-5H2,1H3,(H,12,14). The molecule has 0 aromatic heterocycles. The first kappa shape index (κ1) is 9.21. The van der Waals surface area contributed by atoms with E-state index in [1.807, 2.05) is 25.1 Å². The number of carbonyl (C=O) groups excluding carboxylic acids is 1. The molecule has 0 fully saturated rings. The number of hydrogen-bond donors (Lipinski definition) is 2. The Kier molecular flexibility index (Phi) is 2.25. The van der Waals surface area contributed by atoms with Gasteiger partial charge in [0.1, 0.15) is 0 Å². The first-order valence-corrected chi connectivity index (χ1v) is 4.75. The molecule has 74 valence electrons. The van der Waals surface area contributed by atoms with E-state index in [9.17, 15) is 9.90 Å². The van der Waals surface area contributed by atoms with E-state index < -0.39 is 6.10 Å². The van der Waals surface area contributed by atoms with Gasteiger partial charge < -0.3 is 10.4 Å². The van der Waals surface area contributed by atoms with Crippen LogP contribution in [0.3, 0.4) is 0 Å². The third-order valence-corrected chi connectivity index (χ3v) is 2.48. The van der Waals surface area contributed by atoms with Crippen molar-refractivity contribution < 1.29 is 9.90 Å². The number of aliphatic hydroxyl groups excluding tert-OH is 1. The van der Waals surface area contributed by atoms with Crippen molar-refractivity contribution in [1.29, 1.82) is 0 Å². The van der Waals surface area contributed by atoms with Gasteiger partial charge in [-0.2, -0.15) is 0 Å². The van der Waals surface area contributed by atoms with E-state index >= 15 is 0 Å². The van der Waals surface area contributed by atoms with E-state index in [0.29, 0.717) is 12.8 Å². The van der Waals surface area contributed by atoms with Crippen molar-refractivity contribution in [3.05, 3.63) is 29.3 Å². The molecule has 2 N–H and O–H groups in total. The number of rotatable bonds is 0. The lowest BCUT2D eigenvalue weighted by molar-refractivity contribution is -0.116. The molecular formula is C11H13NO2. The predicted molar refractivity (Wildman–Crippen MR) is 54.0 cm³/mol. The number of hydrogen-bond acceptors (Lipinski definition) is 2. The minimum atomic E-state index is -0.524. The molecule has 1 amide bonds. The molecule has 0 saturated carbocycles. The van der Waals surface area contributed by atoms with Crippen molar-refractivity contribution in [2.24, 2.45) is 0 Å². The molecule has 1 heterocycles. The average Bonchev–Trinajstić information content (AvgIpc) is 2.29. The van der Waals surface area contributed by atoms with Crippen LogP contribution in [0.2, 0.25) is 0 Å². The zero-order valence-electron chi connectivity index (χ0n) is 8.08. The highest BCUT2D eigenvalue weighted by Gasteiger charge is 2.19. The summed E-state index contributed by atoms with van der Waals surface area (Å²) in [6, 6.07) is 5.69. The van der Waals surface area contributed by atoms with Crippen molar-refractivity contribution in [3.63, 3.8) is 0 Å². The third kappa shape index (κ3) is 1.63. The molecular weight excluding hydrogens is 178 g/mol. The van der Waals surface area contributed by atoms with Crippen molar-refractivity contribution in [2.75, 3.05) is 5.32 Å². The first-order valence-electron chi connectivity index (χ1n) is 4.75. The van der Waals surface area contributed by atoms with Gasteiger partial charge in [-0.25, -0.2) is 0 Å². The molecule has 3 nitrogen and oxygen atoms in total. The van der Waals surface area contributed by atoms with Crippen molar-refractivity contribution in [1.82, 2.24) is 0 Å². The number of carbonyl (C=O) groups is 1. The Balaban J connectivity index is 2.46. The van der Waals surface area contributed by atoms with E-state index in [0.717, 1.165) is 16.8 Å². The Morgan fingerprint density at radius 2 is 2.29 bits per heavy atom.